The Morgan fingerprint density at radius 3 is 2.50 bits per heavy atom. The highest BCUT2D eigenvalue weighted by atomic mass is 16.3. The van der Waals surface area contributed by atoms with Crippen LogP contribution >= 0.6 is 0 Å². The second-order valence-corrected chi connectivity index (χ2v) is 4.56. The molecule has 102 valence electrons. The van der Waals surface area contributed by atoms with Crippen LogP contribution in [0.3, 0.4) is 0 Å². The summed E-state index contributed by atoms with van der Waals surface area (Å²) >= 11 is 0. The zero-order chi connectivity index (χ0) is 13.6. The quantitative estimate of drug-likeness (QED) is 0.432. The van der Waals surface area contributed by atoms with Crippen molar-refractivity contribution in [2.24, 2.45) is 5.84 Å². The average Bonchev–Trinajstić information content (AvgIpc) is 2.38. The lowest BCUT2D eigenvalue weighted by Gasteiger charge is -2.30. The molecule has 0 aliphatic rings. The van der Waals surface area contributed by atoms with E-state index in [1.54, 1.807) is 0 Å². The molecular formula is C12H23N5O. The van der Waals surface area contributed by atoms with Crippen LogP contribution < -0.4 is 16.6 Å². The number of nitrogens with two attached hydrogens (primary N) is 1. The molecular weight excluding hydrogens is 230 g/mol. The van der Waals surface area contributed by atoms with E-state index >= 15 is 0 Å². The second-order valence-electron chi connectivity index (χ2n) is 4.56. The first-order valence-electron chi connectivity index (χ1n) is 6.29. The lowest BCUT2D eigenvalue weighted by molar-refractivity contribution is 0.251. The number of aliphatic hydroxyl groups is 1. The maximum absolute atomic E-state index is 9.13. The van der Waals surface area contributed by atoms with Gasteiger partial charge < -0.3 is 15.8 Å². The molecule has 18 heavy (non-hydrogen) atoms. The van der Waals surface area contributed by atoms with Crippen LogP contribution in [0.15, 0.2) is 6.33 Å². The Kier molecular flexibility index (Phi) is 5.30. The Bertz CT molecular complexity index is 385. The molecule has 6 nitrogen and oxygen atoms in total. The van der Waals surface area contributed by atoms with Gasteiger partial charge in [0, 0.05) is 17.7 Å². The third-order valence-electron chi connectivity index (χ3n) is 3.30. The minimum atomic E-state index is -0.182. The van der Waals surface area contributed by atoms with Gasteiger partial charge in [-0.05, 0) is 26.2 Å². The highest BCUT2D eigenvalue weighted by Gasteiger charge is 2.23. The standard InChI is InChI=1S/C12H23N5O/c1-4-9-10(14-8-15-11(9)17-13)16-12(3,5-2)6-7-18/h8,18H,4-7,13H2,1-3H3,(H2,14,15,16,17). The van der Waals surface area contributed by atoms with Gasteiger partial charge in [0.1, 0.15) is 18.0 Å². The van der Waals surface area contributed by atoms with E-state index < -0.39 is 0 Å². The van der Waals surface area contributed by atoms with Gasteiger partial charge in [-0.3, -0.25) is 0 Å². The monoisotopic (exact) mass is 253 g/mol. The third kappa shape index (κ3) is 3.30. The van der Waals surface area contributed by atoms with Crippen molar-refractivity contribution < 1.29 is 5.11 Å². The maximum Gasteiger partial charge on any atom is 0.148 e. The predicted octanol–water partition coefficient (Wildman–Crippen LogP) is 1.29. The summed E-state index contributed by atoms with van der Waals surface area (Å²) in [6, 6.07) is 0. The number of nitrogens with one attached hydrogen (secondary N) is 2. The molecule has 6 heteroatoms. The van der Waals surface area contributed by atoms with Crippen LogP contribution in [0.2, 0.25) is 0 Å². The van der Waals surface area contributed by atoms with Gasteiger partial charge in [-0.25, -0.2) is 15.8 Å². The van der Waals surface area contributed by atoms with Gasteiger partial charge in [0.05, 0.1) is 0 Å². The fraction of sp³-hybridized carbons (Fsp3) is 0.667. The van der Waals surface area contributed by atoms with Crippen molar-refractivity contribution in [1.82, 2.24) is 9.97 Å². The van der Waals surface area contributed by atoms with Crippen molar-refractivity contribution in [1.29, 1.82) is 0 Å². The fourth-order valence-corrected chi connectivity index (χ4v) is 1.84. The molecule has 0 spiro atoms. The number of rotatable bonds is 7. The zero-order valence-corrected chi connectivity index (χ0v) is 11.3. The van der Waals surface area contributed by atoms with E-state index in [9.17, 15) is 0 Å². The molecule has 5 N–H and O–H groups in total. The first kappa shape index (κ1) is 14.7. The fourth-order valence-electron chi connectivity index (χ4n) is 1.84. The van der Waals surface area contributed by atoms with Crippen LogP contribution in [0, 0.1) is 0 Å². The first-order valence-corrected chi connectivity index (χ1v) is 6.29. The topological polar surface area (TPSA) is 96.1 Å². The zero-order valence-electron chi connectivity index (χ0n) is 11.3. The predicted molar refractivity (Wildman–Crippen MR) is 73.2 cm³/mol. The summed E-state index contributed by atoms with van der Waals surface area (Å²) in [5.41, 5.74) is 3.36. The van der Waals surface area contributed by atoms with Crippen molar-refractivity contribution in [3.8, 4) is 0 Å². The Labute approximate surface area is 108 Å². The Morgan fingerprint density at radius 2 is 2.00 bits per heavy atom. The number of nitrogen functional groups attached to an aromatic ring is 1. The van der Waals surface area contributed by atoms with Gasteiger partial charge in [-0.15, -0.1) is 0 Å². The van der Waals surface area contributed by atoms with Crippen LogP contribution in [0.1, 0.15) is 39.2 Å². The molecule has 1 atom stereocenters. The average molecular weight is 253 g/mol. The van der Waals surface area contributed by atoms with E-state index in [2.05, 4.69) is 34.6 Å². The smallest absolute Gasteiger partial charge is 0.148 e. The van der Waals surface area contributed by atoms with Gasteiger partial charge in [0.25, 0.3) is 0 Å². The summed E-state index contributed by atoms with van der Waals surface area (Å²) in [7, 11) is 0. The molecule has 0 saturated carbocycles. The lowest BCUT2D eigenvalue weighted by atomic mass is 9.94. The number of aromatic nitrogens is 2. The molecule has 0 aliphatic carbocycles. The Hall–Kier alpha value is -1.40. The number of hydrazine groups is 1. The number of hydrogen-bond acceptors (Lipinski definition) is 6. The highest BCUT2D eigenvalue weighted by molar-refractivity contribution is 5.57. The van der Waals surface area contributed by atoms with Gasteiger partial charge in [-0.1, -0.05) is 13.8 Å². The lowest BCUT2D eigenvalue weighted by Crippen LogP contribution is -2.36. The molecule has 0 saturated heterocycles. The molecule has 0 amide bonds. The first-order chi connectivity index (χ1) is 8.60. The van der Waals surface area contributed by atoms with Crippen molar-refractivity contribution in [3.05, 3.63) is 11.9 Å². The van der Waals surface area contributed by atoms with Crippen LogP contribution in [-0.4, -0.2) is 27.2 Å². The van der Waals surface area contributed by atoms with Crippen LogP contribution in [0.25, 0.3) is 0 Å². The van der Waals surface area contributed by atoms with E-state index in [-0.39, 0.29) is 12.1 Å². The van der Waals surface area contributed by atoms with E-state index in [0.29, 0.717) is 12.2 Å². The van der Waals surface area contributed by atoms with Gasteiger partial charge in [-0.2, -0.15) is 0 Å². The highest BCUT2D eigenvalue weighted by Crippen LogP contribution is 2.26. The van der Waals surface area contributed by atoms with Gasteiger partial charge in [0.2, 0.25) is 0 Å². The summed E-state index contributed by atoms with van der Waals surface area (Å²) in [6.07, 6.45) is 3.82. The van der Waals surface area contributed by atoms with E-state index in [1.165, 1.54) is 6.33 Å². The number of nitrogens with zero attached hydrogens (tertiary/aromatic N) is 2. The molecule has 0 bridgehead atoms. The molecule has 0 aromatic carbocycles. The number of hydrogen-bond donors (Lipinski definition) is 4. The minimum Gasteiger partial charge on any atom is -0.396 e. The summed E-state index contributed by atoms with van der Waals surface area (Å²) < 4.78 is 0. The molecule has 1 unspecified atom stereocenters. The van der Waals surface area contributed by atoms with Crippen LogP contribution in [0.5, 0.6) is 0 Å². The number of anilines is 2. The largest absolute Gasteiger partial charge is 0.396 e. The van der Waals surface area contributed by atoms with Crippen molar-refractivity contribution >= 4 is 11.6 Å². The van der Waals surface area contributed by atoms with Gasteiger partial charge >= 0.3 is 0 Å². The Morgan fingerprint density at radius 1 is 1.33 bits per heavy atom. The molecule has 1 aromatic rings. The summed E-state index contributed by atoms with van der Waals surface area (Å²) in [5.74, 6) is 6.85. The van der Waals surface area contributed by atoms with E-state index in [1.807, 2.05) is 6.92 Å². The minimum absolute atomic E-state index is 0.145. The summed E-state index contributed by atoms with van der Waals surface area (Å²) in [5, 5.41) is 12.5. The van der Waals surface area contributed by atoms with Crippen molar-refractivity contribution in [2.45, 2.75) is 45.6 Å². The number of aliphatic hydroxyl groups excluding tert-OH is 1. The molecule has 1 heterocycles. The van der Waals surface area contributed by atoms with Crippen LogP contribution in [0.4, 0.5) is 11.6 Å². The SMILES string of the molecule is CCc1c(NN)ncnc1NC(C)(CC)CCO. The third-order valence-corrected chi connectivity index (χ3v) is 3.30. The maximum atomic E-state index is 9.13. The molecule has 0 radical (unpaired) electrons. The Balaban J connectivity index is 3.02. The van der Waals surface area contributed by atoms with Crippen LogP contribution in [-0.2, 0) is 6.42 Å². The van der Waals surface area contributed by atoms with Crippen molar-refractivity contribution in [2.75, 3.05) is 17.3 Å². The van der Waals surface area contributed by atoms with Crippen molar-refractivity contribution in [3.63, 3.8) is 0 Å². The summed E-state index contributed by atoms with van der Waals surface area (Å²) in [6.45, 7) is 6.32. The van der Waals surface area contributed by atoms with Gasteiger partial charge in [0.15, 0.2) is 0 Å². The second kappa shape index (κ2) is 6.51. The van der Waals surface area contributed by atoms with E-state index in [0.717, 1.165) is 24.2 Å². The molecule has 0 fully saturated rings. The molecule has 1 aromatic heterocycles. The summed E-state index contributed by atoms with van der Waals surface area (Å²) in [4.78, 5) is 8.37. The van der Waals surface area contributed by atoms with E-state index in [4.69, 9.17) is 10.9 Å². The molecule has 1 rings (SSSR count). The molecule has 0 aliphatic heterocycles. The normalized spacial score (nSPS) is 14.1.